The van der Waals surface area contributed by atoms with Crippen LogP contribution in [-0.2, 0) is 25.3 Å². The molecule has 2 aliphatic heterocycles. The minimum atomic E-state index is -0.663. The lowest BCUT2D eigenvalue weighted by Gasteiger charge is -2.64. The van der Waals surface area contributed by atoms with Crippen molar-refractivity contribution in [2.45, 2.75) is 84.4 Å². The van der Waals surface area contributed by atoms with Crippen LogP contribution in [0.15, 0.2) is 24.3 Å². The van der Waals surface area contributed by atoms with E-state index in [0.29, 0.717) is 31.3 Å². The van der Waals surface area contributed by atoms with E-state index < -0.39 is 25.1 Å². The lowest BCUT2D eigenvalue weighted by molar-refractivity contribution is -0.199. The second-order valence-electron chi connectivity index (χ2n) is 13.0. The van der Waals surface area contributed by atoms with Crippen LogP contribution in [-0.4, -0.2) is 61.4 Å². The SMILES string of the molecule is Cc1ccc(CC(NC(=O)OCC2CCCN(C(=O)C(C)C#N)C2)B2O[C@@H]3CC4CC(C4(C)C)[C@]3(C)O2)cc1. The van der Waals surface area contributed by atoms with E-state index in [4.69, 9.17) is 19.3 Å². The Morgan fingerprint density at radius 2 is 2.00 bits per heavy atom. The minimum absolute atomic E-state index is 0.0270. The molecule has 0 aromatic heterocycles. The summed E-state index contributed by atoms with van der Waals surface area (Å²) in [5, 5.41) is 12.2. The predicted molar refractivity (Wildman–Crippen MR) is 147 cm³/mol. The third-order valence-electron chi connectivity index (χ3n) is 10.0. The molecule has 8 nitrogen and oxygen atoms in total. The maximum atomic E-state index is 13.1. The molecule has 5 fully saturated rings. The first-order valence-electron chi connectivity index (χ1n) is 14.5. The minimum Gasteiger partial charge on any atom is -0.449 e. The number of benzene rings is 1. The number of amides is 2. The van der Waals surface area contributed by atoms with Crippen molar-refractivity contribution >= 4 is 19.1 Å². The number of hydrogen-bond acceptors (Lipinski definition) is 6. The van der Waals surface area contributed by atoms with Crippen molar-refractivity contribution in [3.8, 4) is 6.07 Å². The van der Waals surface area contributed by atoms with Crippen LogP contribution in [0.3, 0.4) is 0 Å². The third-order valence-corrected chi connectivity index (χ3v) is 10.0. The number of aryl methyl sites for hydroxylation is 1. The smallest absolute Gasteiger partial charge is 0.449 e. The number of piperidine rings is 1. The highest BCUT2D eigenvalue weighted by Gasteiger charge is 2.68. The van der Waals surface area contributed by atoms with E-state index in [-0.39, 0.29) is 35.6 Å². The first-order chi connectivity index (χ1) is 18.5. The normalized spacial score (nSPS) is 32.3. The van der Waals surface area contributed by atoms with Crippen molar-refractivity contribution in [2.24, 2.45) is 29.1 Å². The largest absolute Gasteiger partial charge is 0.482 e. The number of rotatable bonds is 7. The monoisotopic (exact) mass is 535 g/mol. The molecule has 2 bridgehead atoms. The summed E-state index contributed by atoms with van der Waals surface area (Å²) in [4.78, 5) is 27.2. The van der Waals surface area contributed by atoms with E-state index in [0.717, 1.165) is 24.8 Å². The Labute approximate surface area is 232 Å². The second-order valence-corrected chi connectivity index (χ2v) is 13.0. The highest BCUT2D eigenvalue weighted by molar-refractivity contribution is 6.47. The number of ether oxygens (including phenoxy) is 1. The molecule has 39 heavy (non-hydrogen) atoms. The molecule has 0 radical (unpaired) electrons. The van der Waals surface area contributed by atoms with E-state index in [2.05, 4.69) is 57.3 Å². The molecular formula is C30H42BN3O5. The summed E-state index contributed by atoms with van der Waals surface area (Å²) in [5.41, 5.74) is 2.15. The summed E-state index contributed by atoms with van der Waals surface area (Å²) in [6.45, 7) is 11.9. The number of carbonyl (C=O) groups is 2. The van der Waals surface area contributed by atoms with Crippen molar-refractivity contribution in [2.75, 3.05) is 19.7 Å². The molecule has 6 rings (SSSR count). The average Bonchev–Trinajstić information content (AvgIpc) is 3.29. The van der Waals surface area contributed by atoms with E-state index >= 15 is 0 Å². The van der Waals surface area contributed by atoms with Gasteiger partial charge in [0.1, 0.15) is 5.92 Å². The van der Waals surface area contributed by atoms with Crippen LogP contribution in [0.4, 0.5) is 4.79 Å². The lowest BCUT2D eigenvalue weighted by atomic mass is 9.43. The Balaban J connectivity index is 1.23. The molecular weight excluding hydrogens is 493 g/mol. The molecule has 1 aromatic carbocycles. The summed E-state index contributed by atoms with van der Waals surface area (Å²) in [7, 11) is -0.556. The van der Waals surface area contributed by atoms with Crippen molar-refractivity contribution in [1.29, 1.82) is 5.26 Å². The van der Waals surface area contributed by atoms with Gasteiger partial charge in [-0.25, -0.2) is 4.79 Å². The number of nitrogens with one attached hydrogen (secondary N) is 1. The molecule has 3 aliphatic carbocycles. The zero-order valence-corrected chi connectivity index (χ0v) is 23.9. The highest BCUT2D eigenvalue weighted by Crippen LogP contribution is 2.65. The van der Waals surface area contributed by atoms with Crippen LogP contribution in [0.5, 0.6) is 0 Å². The van der Waals surface area contributed by atoms with Gasteiger partial charge in [-0.1, -0.05) is 43.7 Å². The summed E-state index contributed by atoms with van der Waals surface area (Å²) in [6.07, 6.45) is 3.95. The van der Waals surface area contributed by atoms with Crippen molar-refractivity contribution in [3.63, 3.8) is 0 Å². The van der Waals surface area contributed by atoms with Gasteiger partial charge < -0.3 is 24.3 Å². The van der Waals surface area contributed by atoms with E-state index in [1.807, 2.05) is 6.07 Å². The van der Waals surface area contributed by atoms with Crippen LogP contribution in [0.1, 0.15) is 64.5 Å². The molecule has 2 heterocycles. The standard InChI is InChI=1S/C30H42BN3O5/c1-19-8-10-21(11-9-19)13-26(31-38-25-15-23-14-24(29(23,3)4)30(25,5)39-31)33-28(36)37-18-22-7-6-12-34(17-22)27(35)20(2)16-32/h8-11,20,22-26H,6-7,12-15,17-18H2,1-5H3,(H,33,36)/t20?,22?,23?,24?,25-,26?,30+/m1/s1. The van der Waals surface area contributed by atoms with Crippen LogP contribution in [0.2, 0.25) is 0 Å². The fourth-order valence-corrected chi connectivity index (χ4v) is 7.38. The molecule has 210 valence electrons. The van der Waals surface area contributed by atoms with Gasteiger partial charge in [0, 0.05) is 19.0 Å². The molecule has 5 unspecified atom stereocenters. The van der Waals surface area contributed by atoms with Gasteiger partial charge >= 0.3 is 13.2 Å². The maximum Gasteiger partial charge on any atom is 0.482 e. The molecule has 5 aliphatic rings. The van der Waals surface area contributed by atoms with Crippen molar-refractivity contribution in [1.82, 2.24) is 10.2 Å². The van der Waals surface area contributed by atoms with Crippen molar-refractivity contribution < 1.29 is 23.6 Å². The third kappa shape index (κ3) is 5.43. The molecule has 7 atom stereocenters. The molecule has 9 heteroatoms. The highest BCUT2D eigenvalue weighted by atomic mass is 16.7. The second kappa shape index (κ2) is 10.8. The lowest BCUT2D eigenvalue weighted by Crippen LogP contribution is -2.65. The number of hydrogen-bond donors (Lipinski definition) is 1. The van der Waals surface area contributed by atoms with Crippen LogP contribution in [0, 0.1) is 47.3 Å². The molecule has 2 saturated heterocycles. The zero-order chi connectivity index (χ0) is 27.9. The van der Waals surface area contributed by atoms with E-state index in [1.54, 1.807) is 11.8 Å². The fraction of sp³-hybridized carbons (Fsp3) is 0.700. The molecule has 0 spiro atoms. The maximum absolute atomic E-state index is 13.1. The Hall–Kier alpha value is -2.57. The molecule has 1 aromatic rings. The number of likely N-dealkylation sites (tertiary alicyclic amines) is 1. The van der Waals surface area contributed by atoms with Gasteiger partial charge in [0.15, 0.2) is 0 Å². The van der Waals surface area contributed by atoms with Gasteiger partial charge in [-0.15, -0.1) is 0 Å². The predicted octanol–water partition coefficient (Wildman–Crippen LogP) is 4.30. The number of nitriles is 1. The number of nitrogens with zero attached hydrogens (tertiary/aromatic N) is 2. The van der Waals surface area contributed by atoms with Gasteiger partial charge in [-0.2, -0.15) is 5.26 Å². The van der Waals surface area contributed by atoms with Gasteiger partial charge in [0.25, 0.3) is 0 Å². The summed E-state index contributed by atoms with van der Waals surface area (Å²) in [6, 6.07) is 10.3. The molecule has 3 saturated carbocycles. The first kappa shape index (κ1) is 28.0. The van der Waals surface area contributed by atoms with E-state index in [1.165, 1.54) is 12.0 Å². The van der Waals surface area contributed by atoms with Gasteiger partial charge in [-0.3, -0.25) is 4.79 Å². The van der Waals surface area contributed by atoms with Gasteiger partial charge in [0.2, 0.25) is 5.91 Å². The van der Waals surface area contributed by atoms with E-state index in [9.17, 15) is 9.59 Å². The number of carbonyl (C=O) groups excluding carboxylic acids is 2. The van der Waals surface area contributed by atoms with Gasteiger partial charge in [-0.05, 0) is 75.7 Å². The van der Waals surface area contributed by atoms with Gasteiger partial charge in [0.05, 0.1) is 30.3 Å². The molecule has 2 amide bonds. The van der Waals surface area contributed by atoms with Crippen molar-refractivity contribution in [3.05, 3.63) is 35.4 Å². The Morgan fingerprint density at radius 3 is 2.69 bits per heavy atom. The number of alkyl carbamates (subject to hydrolysis) is 1. The summed E-state index contributed by atoms with van der Waals surface area (Å²) < 4.78 is 18.9. The Kier molecular flexibility index (Phi) is 7.73. The average molecular weight is 535 g/mol. The Bertz CT molecular complexity index is 1120. The van der Waals surface area contributed by atoms with Crippen LogP contribution >= 0.6 is 0 Å². The Morgan fingerprint density at radius 1 is 1.26 bits per heavy atom. The first-order valence-corrected chi connectivity index (χ1v) is 14.5. The van der Waals surface area contributed by atoms with Crippen LogP contribution in [0.25, 0.3) is 0 Å². The topological polar surface area (TPSA) is 101 Å². The quantitative estimate of drug-likeness (QED) is 0.523. The van der Waals surface area contributed by atoms with Crippen LogP contribution < -0.4 is 5.32 Å². The summed E-state index contributed by atoms with van der Waals surface area (Å²) >= 11 is 0. The fourth-order valence-electron chi connectivity index (χ4n) is 7.38. The zero-order valence-electron chi connectivity index (χ0n) is 23.9. The summed E-state index contributed by atoms with van der Waals surface area (Å²) in [5.74, 6) is -0.0881. The molecule has 1 N–H and O–H groups in total.